The fourth-order valence-corrected chi connectivity index (χ4v) is 6.29. The number of hydrogen-bond donors (Lipinski definition) is 1. The minimum absolute atomic E-state index is 0.133. The van der Waals surface area contributed by atoms with E-state index in [0.717, 1.165) is 22.3 Å². The summed E-state index contributed by atoms with van der Waals surface area (Å²) in [6.45, 7) is 4.07. The summed E-state index contributed by atoms with van der Waals surface area (Å²) in [6.07, 6.45) is 0.376. The lowest BCUT2D eigenvalue weighted by Crippen LogP contribution is -2.17. The van der Waals surface area contributed by atoms with Crippen molar-refractivity contribution in [2.24, 2.45) is 0 Å². The zero-order valence-corrected chi connectivity index (χ0v) is 23.8. The van der Waals surface area contributed by atoms with Gasteiger partial charge in [-0.05, 0) is 90.7 Å². The van der Waals surface area contributed by atoms with E-state index in [1.54, 1.807) is 54.6 Å². The highest BCUT2D eigenvalue weighted by Crippen LogP contribution is 2.56. The van der Waals surface area contributed by atoms with Crippen LogP contribution in [0.1, 0.15) is 40.3 Å². The number of aryl methyl sites for hydroxylation is 2. The van der Waals surface area contributed by atoms with Crippen LogP contribution in [0.15, 0.2) is 78.9 Å². The van der Waals surface area contributed by atoms with Gasteiger partial charge in [-0.2, -0.15) is 0 Å². The number of benzene rings is 4. The molecule has 1 heterocycles. The Bertz CT molecular complexity index is 1540. The molecular formula is C31H29ClFO6P. The van der Waals surface area contributed by atoms with Crippen molar-refractivity contribution in [3.05, 3.63) is 118 Å². The molecule has 5 rings (SSSR count). The molecule has 9 heteroatoms. The van der Waals surface area contributed by atoms with E-state index < -0.39 is 7.60 Å². The van der Waals surface area contributed by atoms with Gasteiger partial charge in [0.2, 0.25) is 0 Å². The van der Waals surface area contributed by atoms with Gasteiger partial charge in [-0.1, -0.05) is 35.9 Å². The maximum Gasteiger partial charge on any atom is 0.368 e. The lowest BCUT2D eigenvalue weighted by Gasteiger charge is -2.30. The fraction of sp³-hybridized carbons (Fsp3) is 0.226. The van der Waals surface area contributed by atoms with Crippen LogP contribution in [0.3, 0.4) is 0 Å². The number of hydrogen-bond acceptors (Lipinski definition) is 6. The Kier molecular flexibility index (Phi) is 8.48. The van der Waals surface area contributed by atoms with E-state index in [-0.39, 0.29) is 24.0 Å². The van der Waals surface area contributed by atoms with E-state index in [2.05, 4.69) is 0 Å². The first kappa shape index (κ1) is 28.2. The molecule has 1 aliphatic heterocycles. The molecule has 0 aromatic heterocycles. The lowest BCUT2D eigenvalue weighted by molar-refractivity contribution is 0.0725. The Morgan fingerprint density at radius 3 is 2.48 bits per heavy atom. The summed E-state index contributed by atoms with van der Waals surface area (Å²) in [4.78, 5) is 0. The van der Waals surface area contributed by atoms with Crippen LogP contribution in [0.4, 0.5) is 4.39 Å². The summed E-state index contributed by atoms with van der Waals surface area (Å²) < 4.78 is 50.0. The average Bonchev–Trinajstić information content (AvgIpc) is 2.93. The summed E-state index contributed by atoms with van der Waals surface area (Å²) in [5.74, 6) is 1.53. The van der Waals surface area contributed by atoms with Crippen LogP contribution in [0, 0.1) is 19.7 Å². The second-order valence-electron chi connectivity index (χ2n) is 9.74. The van der Waals surface area contributed by atoms with Gasteiger partial charge in [-0.3, -0.25) is 9.09 Å². The molecule has 2 atom stereocenters. The Morgan fingerprint density at radius 1 is 1.00 bits per heavy atom. The lowest BCUT2D eigenvalue weighted by atomic mass is 10.0. The van der Waals surface area contributed by atoms with Crippen molar-refractivity contribution >= 4 is 19.2 Å². The average molecular weight is 583 g/mol. The summed E-state index contributed by atoms with van der Waals surface area (Å²) in [5.41, 5.74) is 3.99. The normalized spacial score (nSPS) is 18.9. The molecule has 0 unspecified atom stereocenters. The van der Waals surface area contributed by atoms with Crippen LogP contribution < -0.4 is 9.47 Å². The van der Waals surface area contributed by atoms with Crippen LogP contribution in [0.25, 0.3) is 0 Å². The van der Waals surface area contributed by atoms with Gasteiger partial charge >= 0.3 is 7.60 Å². The number of halogens is 2. The quantitative estimate of drug-likeness (QED) is 0.209. The van der Waals surface area contributed by atoms with Gasteiger partial charge in [0.15, 0.2) is 6.35 Å². The number of rotatable bonds is 8. The molecule has 0 radical (unpaired) electrons. The first-order chi connectivity index (χ1) is 19.2. The van der Waals surface area contributed by atoms with Gasteiger partial charge in [-0.25, -0.2) is 4.39 Å². The highest BCUT2D eigenvalue weighted by atomic mass is 35.5. The smallest absolute Gasteiger partial charge is 0.368 e. The first-order valence-electron chi connectivity index (χ1n) is 12.8. The molecule has 1 N–H and O–H groups in total. The van der Waals surface area contributed by atoms with Crippen molar-refractivity contribution in [2.75, 3.05) is 13.0 Å². The Hall–Kier alpha value is -3.35. The van der Waals surface area contributed by atoms with E-state index >= 15 is 0 Å². The van der Waals surface area contributed by atoms with E-state index in [9.17, 15) is 14.1 Å². The maximum absolute atomic E-state index is 13.3. The molecule has 0 aliphatic carbocycles. The molecule has 1 saturated heterocycles. The highest BCUT2D eigenvalue weighted by molar-refractivity contribution is 7.53. The predicted octanol–water partition coefficient (Wildman–Crippen LogP) is 8.89. The van der Waals surface area contributed by atoms with Crippen LogP contribution in [-0.4, -0.2) is 18.1 Å². The third kappa shape index (κ3) is 6.86. The van der Waals surface area contributed by atoms with E-state index in [1.807, 2.05) is 26.0 Å². The Labute approximate surface area is 237 Å². The molecule has 1 aliphatic rings. The second-order valence-corrected chi connectivity index (χ2v) is 12.1. The Balaban J connectivity index is 1.26. The molecule has 208 valence electrons. The Morgan fingerprint density at radius 2 is 1.75 bits per heavy atom. The fourth-order valence-electron chi connectivity index (χ4n) is 4.59. The maximum atomic E-state index is 13.3. The third-order valence-corrected chi connectivity index (χ3v) is 8.41. The van der Waals surface area contributed by atoms with Crippen molar-refractivity contribution in [1.29, 1.82) is 0 Å². The van der Waals surface area contributed by atoms with Crippen LogP contribution >= 0.6 is 19.2 Å². The number of aromatic hydroxyl groups is 1. The van der Waals surface area contributed by atoms with Crippen LogP contribution in [0.5, 0.6) is 23.0 Å². The van der Waals surface area contributed by atoms with E-state index in [1.165, 1.54) is 12.1 Å². The third-order valence-electron chi connectivity index (χ3n) is 6.58. The van der Waals surface area contributed by atoms with Gasteiger partial charge in [0, 0.05) is 23.4 Å². The standard InChI is InChI=1S/C31H29ClFO6P/c1-20-14-28(36-19-40(35)37-13-12-30(39-40)23-4-3-5-25(32)17-23)15-21(2)31(20)38-27-10-11-29(34)24(18-27)16-22-6-8-26(33)9-7-22/h3-11,14-15,17-18,30,34H,12-13,16,19H2,1-2H3/t30-,40+/m0/s1. The zero-order valence-electron chi connectivity index (χ0n) is 22.1. The van der Waals surface area contributed by atoms with Gasteiger partial charge < -0.3 is 19.1 Å². The van der Waals surface area contributed by atoms with Gasteiger partial charge in [-0.15, -0.1) is 0 Å². The molecule has 0 amide bonds. The summed E-state index contributed by atoms with van der Waals surface area (Å²) in [7, 11) is -3.50. The van der Waals surface area contributed by atoms with Gasteiger partial charge in [0.05, 0.1) is 12.7 Å². The van der Waals surface area contributed by atoms with E-state index in [4.69, 9.17) is 30.1 Å². The number of phenols is 1. The SMILES string of the molecule is Cc1cc(OC[P@@]2(=O)OCC[C@@H](c3cccc(Cl)c3)O2)cc(C)c1Oc1ccc(O)c(Cc2ccc(F)cc2)c1. The number of phenolic OH excluding ortho intramolecular Hbond substituents is 1. The predicted molar refractivity (Wildman–Crippen MR) is 152 cm³/mol. The number of ether oxygens (including phenoxy) is 2. The summed E-state index contributed by atoms with van der Waals surface area (Å²) >= 11 is 6.11. The molecule has 0 bridgehead atoms. The van der Waals surface area contributed by atoms with Crippen molar-refractivity contribution in [2.45, 2.75) is 32.8 Å². The summed E-state index contributed by atoms with van der Waals surface area (Å²) in [5, 5.41) is 10.9. The molecule has 0 spiro atoms. The van der Waals surface area contributed by atoms with Gasteiger partial charge in [0.1, 0.15) is 28.8 Å². The second kappa shape index (κ2) is 12.0. The van der Waals surface area contributed by atoms with Gasteiger partial charge in [0.25, 0.3) is 0 Å². The molecule has 40 heavy (non-hydrogen) atoms. The van der Waals surface area contributed by atoms with Crippen molar-refractivity contribution < 1.29 is 32.6 Å². The minimum Gasteiger partial charge on any atom is -0.508 e. The first-order valence-corrected chi connectivity index (χ1v) is 14.9. The zero-order chi connectivity index (χ0) is 28.3. The van der Waals surface area contributed by atoms with Crippen LogP contribution in [0.2, 0.25) is 5.02 Å². The van der Waals surface area contributed by atoms with Crippen molar-refractivity contribution in [1.82, 2.24) is 0 Å². The summed E-state index contributed by atoms with van der Waals surface area (Å²) in [6, 6.07) is 22.1. The molecule has 1 fully saturated rings. The topological polar surface area (TPSA) is 74.2 Å². The highest BCUT2D eigenvalue weighted by Gasteiger charge is 2.35. The van der Waals surface area contributed by atoms with Crippen molar-refractivity contribution in [3.8, 4) is 23.0 Å². The molecule has 4 aromatic carbocycles. The molecule has 0 saturated carbocycles. The van der Waals surface area contributed by atoms with E-state index in [0.29, 0.717) is 47.3 Å². The van der Waals surface area contributed by atoms with Crippen molar-refractivity contribution in [3.63, 3.8) is 0 Å². The monoisotopic (exact) mass is 582 g/mol. The molecule has 4 aromatic rings. The largest absolute Gasteiger partial charge is 0.508 e. The molecule has 6 nitrogen and oxygen atoms in total. The molecular weight excluding hydrogens is 554 g/mol. The minimum atomic E-state index is -3.50. The van der Waals surface area contributed by atoms with Crippen LogP contribution in [-0.2, 0) is 20.0 Å².